The van der Waals surface area contributed by atoms with Crippen LogP contribution in [-0.4, -0.2) is 37.5 Å². The molecule has 0 fully saturated rings. The van der Waals surface area contributed by atoms with Crippen molar-refractivity contribution in [2.45, 2.75) is 109 Å². The molecule has 1 unspecified atom stereocenters. The molecule has 0 saturated heterocycles. The smallest absolute Gasteiger partial charge is 0.194 e. The lowest BCUT2D eigenvalue weighted by atomic mass is 9.95. The van der Waals surface area contributed by atoms with Gasteiger partial charge in [-0.3, -0.25) is 4.79 Å². The number of Topliss-reactive ketones (excluding diaryl/α,β-unsaturated/α-hetero) is 1. The van der Waals surface area contributed by atoms with E-state index in [-0.39, 0.29) is 18.4 Å². The molecule has 0 bridgehead atoms. The maximum Gasteiger partial charge on any atom is 0.194 e. The summed E-state index contributed by atoms with van der Waals surface area (Å²) in [5, 5.41) is 0. The van der Waals surface area contributed by atoms with Gasteiger partial charge < -0.3 is 22.6 Å². The summed E-state index contributed by atoms with van der Waals surface area (Å²) in [7, 11) is 4.34. The minimum absolute atomic E-state index is 0. The molecule has 196 valence electrons. The van der Waals surface area contributed by atoms with Crippen LogP contribution in [0.15, 0.2) is 42.5 Å². The van der Waals surface area contributed by atoms with Crippen molar-refractivity contribution in [3.05, 3.63) is 48.0 Å². The Morgan fingerprint density at radius 1 is 0.824 bits per heavy atom. The molecule has 1 rings (SSSR count). The topological polar surface area (TPSA) is 43.1 Å². The molecular weight excluding hydrogens is 440 g/mol. The van der Waals surface area contributed by atoms with Gasteiger partial charge in [-0.15, -0.1) is 0 Å². The highest BCUT2D eigenvalue weighted by molar-refractivity contribution is 5.84. The fraction of sp³-hybridized carbons (Fsp3) is 0.700. The number of allylic oxidation sites excluding steroid dienone is 2. The minimum Gasteiger partial charge on any atom is -1.00 e. The predicted molar refractivity (Wildman–Crippen MR) is 144 cm³/mol. The fourth-order valence-corrected chi connectivity index (χ4v) is 4.75. The molecule has 1 atom stereocenters. The Bertz CT molecular complexity index is 630. The summed E-state index contributed by atoms with van der Waals surface area (Å²) in [6.07, 6.45) is 23.1. The number of rotatable bonds is 21. The summed E-state index contributed by atoms with van der Waals surface area (Å²) in [6, 6.07) is 10.2. The highest BCUT2D eigenvalue weighted by Gasteiger charge is 2.35. The third-order valence-corrected chi connectivity index (χ3v) is 6.74. The van der Waals surface area contributed by atoms with Gasteiger partial charge in [0, 0.05) is 18.4 Å². The first-order valence-electron chi connectivity index (χ1n) is 13.8. The van der Waals surface area contributed by atoms with Crippen LogP contribution in [0.5, 0.6) is 0 Å². The highest BCUT2D eigenvalue weighted by Crippen LogP contribution is 2.28. The molecule has 0 saturated carbocycles. The van der Waals surface area contributed by atoms with Gasteiger partial charge in [0.2, 0.25) is 0 Å². The number of unbranched alkanes of at least 4 members (excludes halogenated alkanes) is 11. The molecule has 0 aromatic heterocycles. The Hall–Kier alpha value is -1.16. The number of hydrogen-bond acceptors (Lipinski definition) is 2. The van der Waals surface area contributed by atoms with E-state index in [2.05, 4.69) is 45.3 Å². The van der Waals surface area contributed by atoms with Crippen LogP contribution in [0.3, 0.4) is 0 Å². The molecule has 2 N–H and O–H groups in total. The number of halogens is 1. The van der Waals surface area contributed by atoms with Crippen LogP contribution in [0, 0.1) is 0 Å². The number of likely N-dealkylation sites (N-methyl/N-ethyl adjacent to an activating group) is 1. The lowest BCUT2D eigenvalue weighted by Gasteiger charge is -2.37. The lowest BCUT2D eigenvalue weighted by molar-refractivity contribution is -0.911. The van der Waals surface area contributed by atoms with Crippen LogP contribution in [0.2, 0.25) is 0 Å². The molecule has 0 amide bonds. The summed E-state index contributed by atoms with van der Waals surface area (Å²) in [4.78, 5) is 13.2. The average molecular weight is 493 g/mol. The zero-order valence-electron chi connectivity index (χ0n) is 22.5. The molecule has 0 heterocycles. The van der Waals surface area contributed by atoms with Crippen molar-refractivity contribution in [1.82, 2.24) is 0 Å². The maximum absolute atomic E-state index is 13.2. The van der Waals surface area contributed by atoms with Crippen molar-refractivity contribution in [3.8, 4) is 0 Å². The SMILES string of the molecule is CCCCCCCC/C=C\CCCCCCCC(=O)C(c1ccccc1)[N+](C)(C)CCCN.[Cl-]. The summed E-state index contributed by atoms with van der Waals surface area (Å²) >= 11 is 0. The molecule has 1 aromatic rings. The summed E-state index contributed by atoms with van der Waals surface area (Å²) in [5.41, 5.74) is 6.89. The number of nitrogens with two attached hydrogens (primary N) is 1. The third-order valence-electron chi connectivity index (χ3n) is 6.74. The maximum atomic E-state index is 13.2. The van der Waals surface area contributed by atoms with Crippen LogP contribution < -0.4 is 18.1 Å². The van der Waals surface area contributed by atoms with Gasteiger partial charge in [0.15, 0.2) is 11.8 Å². The Morgan fingerprint density at radius 3 is 1.91 bits per heavy atom. The van der Waals surface area contributed by atoms with E-state index in [1.807, 2.05) is 18.2 Å². The Kier molecular flexibility index (Phi) is 20.4. The molecule has 0 radical (unpaired) electrons. The van der Waals surface area contributed by atoms with Gasteiger partial charge in [0.05, 0.1) is 20.6 Å². The molecule has 0 aliphatic rings. The van der Waals surface area contributed by atoms with Crippen LogP contribution >= 0.6 is 0 Å². The van der Waals surface area contributed by atoms with Gasteiger partial charge in [-0.25, -0.2) is 0 Å². The number of hydrogen-bond donors (Lipinski definition) is 1. The van der Waals surface area contributed by atoms with E-state index < -0.39 is 0 Å². The first-order valence-corrected chi connectivity index (χ1v) is 13.8. The van der Waals surface area contributed by atoms with Gasteiger partial charge in [0.1, 0.15) is 0 Å². The molecule has 4 heteroatoms. The van der Waals surface area contributed by atoms with Gasteiger partial charge in [-0.05, 0) is 38.6 Å². The number of nitrogens with zero attached hydrogens (tertiary/aromatic N) is 1. The van der Waals surface area contributed by atoms with Crippen molar-refractivity contribution >= 4 is 5.78 Å². The zero-order chi connectivity index (χ0) is 24.2. The summed E-state index contributed by atoms with van der Waals surface area (Å²) < 4.78 is 0.686. The fourth-order valence-electron chi connectivity index (χ4n) is 4.75. The Morgan fingerprint density at radius 2 is 1.35 bits per heavy atom. The number of benzene rings is 1. The summed E-state index contributed by atoms with van der Waals surface area (Å²) in [5.74, 6) is 0.376. The standard InChI is InChI=1S/C30H53N2O.ClH/c1-4-5-6-7-8-9-10-11-12-13-14-15-16-17-21-25-29(33)30(28-23-19-18-20-24-28)32(2,3)27-22-26-31;/h11-12,18-20,23-24,30H,4-10,13-17,21-22,25-27,31H2,1-3H3;1H/q+1;/p-1/b12-11-;. The van der Waals surface area contributed by atoms with Crippen molar-refractivity contribution in [3.63, 3.8) is 0 Å². The zero-order valence-corrected chi connectivity index (χ0v) is 23.2. The molecule has 0 aliphatic heterocycles. The van der Waals surface area contributed by atoms with E-state index in [0.29, 0.717) is 23.2 Å². The molecule has 0 aliphatic carbocycles. The molecule has 0 spiro atoms. The van der Waals surface area contributed by atoms with Crippen molar-refractivity contribution in [2.75, 3.05) is 27.2 Å². The van der Waals surface area contributed by atoms with E-state index in [4.69, 9.17) is 5.73 Å². The van der Waals surface area contributed by atoms with Crippen LogP contribution in [0.1, 0.15) is 115 Å². The largest absolute Gasteiger partial charge is 1.00 e. The number of quaternary nitrogens is 1. The average Bonchev–Trinajstić information content (AvgIpc) is 2.81. The van der Waals surface area contributed by atoms with E-state index in [1.54, 1.807) is 0 Å². The highest BCUT2D eigenvalue weighted by atomic mass is 35.5. The lowest BCUT2D eigenvalue weighted by Crippen LogP contribution is -3.00. The summed E-state index contributed by atoms with van der Waals surface area (Å²) in [6.45, 7) is 3.87. The monoisotopic (exact) mass is 492 g/mol. The third kappa shape index (κ3) is 15.0. The second-order valence-corrected chi connectivity index (χ2v) is 10.3. The quantitative estimate of drug-likeness (QED) is 0.153. The van der Waals surface area contributed by atoms with E-state index in [9.17, 15) is 4.79 Å². The van der Waals surface area contributed by atoms with Crippen LogP contribution in [0.25, 0.3) is 0 Å². The Labute approximate surface area is 217 Å². The molecule has 3 nitrogen and oxygen atoms in total. The van der Waals surface area contributed by atoms with Gasteiger partial charge >= 0.3 is 0 Å². The number of carbonyl (C=O) groups excluding carboxylic acids is 1. The van der Waals surface area contributed by atoms with Crippen LogP contribution in [0.4, 0.5) is 0 Å². The van der Waals surface area contributed by atoms with Gasteiger partial charge in [-0.2, -0.15) is 0 Å². The minimum atomic E-state index is -0.0884. The second-order valence-electron chi connectivity index (χ2n) is 10.3. The van der Waals surface area contributed by atoms with E-state index in [0.717, 1.165) is 31.4 Å². The van der Waals surface area contributed by atoms with E-state index in [1.165, 1.54) is 70.6 Å². The first kappa shape index (κ1) is 32.8. The van der Waals surface area contributed by atoms with Crippen molar-refractivity contribution in [1.29, 1.82) is 0 Å². The van der Waals surface area contributed by atoms with E-state index >= 15 is 0 Å². The first-order chi connectivity index (χ1) is 16.0. The van der Waals surface area contributed by atoms with Crippen LogP contribution in [-0.2, 0) is 4.79 Å². The van der Waals surface area contributed by atoms with Gasteiger partial charge in [-0.1, -0.05) is 101 Å². The van der Waals surface area contributed by atoms with Gasteiger partial charge in [0.25, 0.3) is 0 Å². The second kappa shape index (κ2) is 21.1. The van der Waals surface area contributed by atoms with Crippen molar-refractivity contribution in [2.24, 2.45) is 5.73 Å². The number of ketones is 1. The van der Waals surface area contributed by atoms with Crippen molar-refractivity contribution < 1.29 is 21.7 Å². The molecular formula is C30H53ClN2O. The normalized spacial score (nSPS) is 12.6. The molecule has 34 heavy (non-hydrogen) atoms. The predicted octanol–water partition coefficient (Wildman–Crippen LogP) is 4.76. The Balaban J connectivity index is 0.0000109. The molecule has 1 aromatic carbocycles. The number of carbonyl (C=O) groups is 1.